The molecule has 0 aromatic carbocycles. The molecule has 0 fully saturated rings. The number of hydrogen-bond donors (Lipinski definition) is 1. The highest BCUT2D eigenvalue weighted by Crippen LogP contribution is 2.31. The number of rotatable bonds is 3. The van der Waals surface area contributed by atoms with Crippen LogP contribution in [-0.2, 0) is 23.2 Å². The van der Waals surface area contributed by atoms with Crippen LogP contribution in [0, 0.1) is 0 Å². The van der Waals surface area contributed by atoms with Gasteiger partial charge in [0, 0.05) is 13.1 Å². The van der Waals surface area contributed by atoms with Crippen molar-refractivity contribution >= 4 is 38.8 Å². The maximum Gasteiger partial charge on any atom is 0.435 e. The van der Waals surface area contributed by atoms with Gasteiger partial charge >= 0.3 is 6.18 Å². The van der Waals surface area contributed by atoms with Crippen molar-refractivity contribution in [3.05, 3.63) is 28.2 Å². The standard InChI is InChI=1S/C9H7ClF3N3O2S2/c1-16-7(4-5(14-16)9(11,12)13)15-20(17,18)8-3-2-6(10)19-8/h2-4,15H,1H3. The van der Waals surface area contributed by atoms with E-state index >= 15 is 0 Å². The summed E-state index contributed by atoms with van der Waals surface area (Å²) in [7, 11) is -2.79. The van der Waals surface area contributed by atoms with E-state index in [-0.39, 0.29) is 14.4 Å². The van der Waals surface area contributed by atoms with Crippen molar-refractivity contribution < 1.29 is 21.6 Å². The molecule has 2 aromatic heterocycles. The predicted octanol–water partition coefficient (Wildman–Crippen LogP) is 2.95. The lowest BCUT2D eigenvalue weighted by Crippen LogP contribution is -2.14. The Balaban J connectivity index is 2.33. The van der Waals surface area contributed by atoms with E-state index in [0.717, 1.165) is 16.0 Å². The third kappa shape index (κ3) is 3.07. The van der Waals surface area contributed by atoms with E-state index in [1.54, 1.807) is 0 Å². The molecular weight excluding hydrogens is 339 g/mol. The van der Waals surface area contributed by atoms with Gasteiger partial charge in [-0.25, -0.2) is 8.42 Å². The van der Waals surface area contributed by atoms with Gasteiger partial charge in [-0.1, -0.05) is 11.6 Å². The zero-order valence-electron chi connectivity index (χ0n) is 9.77. The van der Waals surface area contributed by atoms with E-state index < -0.39 is 21.9 Å². The van der Waals surface area contributed by atoms with Crippen LogP contribution >= 0.6 is 22.9 Å². The Morgan fingerprint density at radius 1 is 1.40 bits per heavy atom. The lowest BCUT2D eigenvalue weighted by Gasteiger charge is -2.05. The minimum absolute atomic E-state index is 0.0998. The Morgan fingerprint density at radius 3 is 2.50 bits per heavy atom. The maximum atomic E-state index is 12.5. The molecule has 0 unspecified atom stereocenters. The van der Waals surface area contributed by atoms with Gasteiger partial charge in [-0.2, -0.15) is 18.3 Å². The number of halogens is 4. The normalized spacial score (nSPS) is 12.7. The molecule has 0 saturated carbocycles. The van der Waals surface area contributed by atoms with Crippen LogP contribution < -0.4 is 4.72 Å². The van der Waals surface area contributed by atoms with E-state index in [0.29, 0.717) is 6.07 Å². The summed E-state index contributed by atoms with van der Waals surface area (Å²) < 4.78 is 64.3. The number of nitrogens with one attached hydrogen (secondary N) is 1. The van der Waals surface area contributed by atoms with Gasteiger partial charge in [0.05, 0.1) is 4.34 Å². The molecule has 11 heteroatoms. The molecule has 2 heterocycles. The number of sulfonamides is 1. The van der Waals surface area contributed by atoms with Crippen molar-refractivity contribution in [3.8, 4) is 0 Å². The first-order chi connectivity index (χ1) is 9.09. The molecule has 0 saturated heterocycles. The minimum Gasteiger partial charge on any atom is -0.263 e. The third-order valence-electron chi connectivity index (χ3n) is 2.22. The van der Waals surface area contributed by atoms with Crippen LogP contribution in [0.2, 0.25) is 4.34 Å². The van der Waals surface area contributed by atoms with Crippen LogP contribution in [0.1, 0.15) is 5.69 Å². The third-order valence-corrected chi connectivity index (χ3v) is 5.30. The highest BCUT2D eigenvalue weighted by atomic mass is 35.5. The topological polar surface area (TPSA) is 64.0 Å². The Kier molecular flexibility index (Phi) is 3.73. The summed E-state index contributed by atoms with van der Waals surface area (Å²) in [4.78, 5) is 0. The van der Waals surface area contributed by atoms with E-state index in [1.165, 1.54) is 19.2 Å². The Bertz CT molecular complexity index is 736. The molecule has 1 N–H and O–H groups in total. The van der Waals surface area contributed by atoms with Crippen molar-refractivity contribution in [1.82, 2.24) is 9.78 Å². The van der Waals surface area contributed by atoms with Crippen molar-refractivity contribution in [2.24, 2.45) is 7.05 Å². The number of thiophene rings is 1. The van der Waals surface area contributed by atoms with Crippen molar-refractivity contribution in [1.29, 1.82) is 0 Å². The molecule has 0 spiro atoms. The quantitative estimate of drug-likeness (QED) is 0.930. The van der Waals surface area contributed by atoms with Gasteiger partial charge in [-0.3, -0.25) is 9.40 Å². The summed E-state index contributed by atoms with van der Waals surface area (Å²) in [6.45, 7) is 0. The molecule has 0 radical (unpaired) electrons. The maximum absolute atomic E-state index is 12.5. The Morgan fingerprint density at radius 2 is 2.05 bits per heavy atom. The molecule has 0 aliphatic carbocycles. The van der Waals surface area contributed by atoms with Crippen LogP contribution in [0.3, 0.4) is 0 Å². The second-order valence-electron chi connectivity index (χ2n) is 3.70. The van der Waals surface area contributed by atoms with E-state index in [4.69, 9.17) is 11.6 Å². The monoisotopic (exact) mass is 345 g/mol. The lowest BCUT2D eigenvalue weighted by molar-refractivity contribution is -0.141. The second kappa shape index (κ2) is 4.93. The molecule has 0 aliphatic heterocycles. The van der Waals surface area contributed by atoms with Crippen molar-refractivity contribution in [2.75, 3.05) is 4.72 Å². The highest BCUT2D eigenvalue weighted by Gasteiger charge is 2.35. The fourth-order valence-corrected chi connectivity index (χ4v) is 3.89. The van der Waals surface area contributed by atoms with Crippen LogP contribution in [-0.4, -0.2) is 18.2 Å². The molecule has 2 aromatic rings. The fraction of sp³-hybridized carbons (Fsp3) is 0.222. The molecule has 0 atom stereocenters. The summed E-state index contributed by atoms with van der Waals surface area (Å²) in [5, 5.41) is 3.21. The molecule has 0 aliphatic rings. The van der Waals surface area contributed by atoms with Gasteiger partial charge in [0.25, 0.3) is 10.0 Å². The van der Waals surface area contributed by atoms with Crippen LogP contribution in [0.25, 0.3) is 0 Å². The van der Waals surface area contributed by atoms with Gasteiger partial charge in [0.15, 0.2) is 5.69 Å². The zero-order chi connectivity index (χ0) is 15.1. The molecule has 0 bridgehead atoms. The number of hydrogen-bond acceptors (Lipinski definition) is 4. The number of aromatic nitrogens is 2. The molecule has 20 heavy (non-hydrogen) atoms. The summed E-state index contributed by atoms with van der Waals surface area (Å²) in [5.41, 5.74) is -1.18. The predicted molar refractivity (Wildman–Crippen MR) is 68.3 cm³/mol. The van der Waals surface area contributed by atoms with Crippen molar-refractivity contribution in [3.63, 3.8) is 0 Å². The van der Waals surface area contributed by atoms with Gasteiger partial charge in [0.2, 0.25) is 0 Å². The van der Waals surface area contributed by atoms with E-state index in [2.05, 4.69) is 5.10 Å². The first-order valence-corrected chi connectivity index (χ1v) is 7.67. The molecule has 2 rings (SSSR count). The van der Waals surface area contributed by atoms with E-state index in [9.17, 15) is 21.6 Å². The Labute approximate surface area is 121 Å². The second-order valence-corrected chi connectivity index (χ2v) is 7.32. The number of alkyl halides is 3. The number of anilines is 1. The average Bonchev–Trinajstić information content (AvgIpc) is 2.85. The largest absolute Gasteiger partial charge is 0.435 e. The van der Waals surface area contributed by atoms with Gasteiger partial charge in [-0.15, -0.1) is 11.3 Å². The van der Waals surface area contributed by atoms with Gasteiger partial charge in [-0.05, 0) is 12.1 Å². The fourth-order valence-electron chi connectivity index (χ4n) is 1.33. The molecule has 0 amide bonds. The van der Waals surface area contributed by atoms with Gasteiger partial charge < -0.3 is 0 Å². The summed E-state index contributed by atoms with van der Waals surface area (Å²) >= 11 is 6.42. The molecule has 5 nitrogen and oxygen atoms in total. The van der Waals surface area contributed by atoms with Crippen LogP contribution in [0.5, 0.6) is 0 Å². The summed E-state index contributed by atoms with van der Waals surface area (Å²) in [6, 6.07) is 3.26. The van der Waals surface area contributed by atoms with Gasteiger partial charge in [0.1, 0.15) is 10.0 Å². The number of aryl methyl sites for hydroxylation is 1. The van der Waals surface area contributed by atoms with Crippen LogP contribution in [0.15, 0.2) is 22.4 Å². The molecular formula is C9H7ClF3N3O2S2. The smallest absolute Gasteiger partial charge is 0.263 e. The summed E-state index contributed by atoms with van der Waals surface area (Å²) in [5.74, 6) is -0.290. The van der Waals surface area contributed by atoms with Crippen molar-refractivity contribution in [2.45, 2.75) is 10.4 Å². The average molecular weight is 346 g/mol. The summed E-state index contributed by atoms with van der Waals surface area (Å²) in [6.07, 6.45) is -4.65. The zero-order valence-corrected chi connectivity index (χ0v) is 12.2. The first-order valence-electron chi connectivity index (χ1n) is 4.99. The Hall–Kier alpha value is -1.26. The van der Waals surface area contributed by atoms with E-state index in [1.807, 2.05) is 4.72 Å². The van der Waals surface area contributed by atoms with Crippen LogP contribution in [0.4, 0.5) is 19.0 Å². The number of nitrogens with zero attached hydrogens (tertiary/aromatic N) is 2. The molecule has 110 valence electrons. The SMILES string of the molecule is Cn1nc(C(F)(F)F)cc1NS(=O)(=O)c1ccc(Cl)s1. The first kappa shape index (κ1) is 15.1. The highest BCUT2D eigenvalue weighted by molar-refractivity contribution is 7.94. The minimum atomic E-state index is -4.65. The lowest BCUT2D eigenvalue weighted by atomic mass is 10.4.